The molecule has 2 heterocycles. The second-order valence-corrected chi connectivity index (χ2v) is 6.45. The molecule has 1 aliphatic heterocycles. The minimum atomic E-state index is 0.0150. The summed E-state index contributed by atoms with van der Waals surface area (Å²) in [5.74, 6) is 1.51. The maximum Gasteiger partial charge on any atom is 0.227 e. The standard InChI is InChI=1S/C16H16N2O3S/c19-16(10-1-3-12-15(7-10)22-9-17-12)18-11-2-4-13-14(8-11)21-6-5-20-13/h2,4,8-10H,1,3,5-7H2,(H,18,19). The average Bonchev–Trinajstić information content (AvgIpc) is 3.02. The molecule has 22 heavy (non-hydrogen) atoms. The van der Waals surface area contributed by atoms with E-state index in [1.54, 1.807) is 11.3 Å². The van der Waals surface area contributed by atoms with E-state index in [-0.39, 0.29) is 11.8 Å². The molecule has 1 aliphatic carbocycles. The molecule has 0 saturated carbocycles. The predicted molar refractivity (Wildman–Crippen MR) is 83.7 cm³/mol. The average molecular weight is 316 g/mol. The highest BCUT2D eigenvalue weighted by Crippen LogP contribution is 2.33. The van der Waals surface area contributed by atoms with Crippen molar-refractivity contribution in [2.24, 2.45) is 5.92 Å². The van der Waals surface area contributed by atoms with Gasteiger partial charge in [-0.2, -0.15) is 0 Å². The first-order valence-electron chi connectivity index (χ1n) is 7.41. The lowest BCUT2D eigenvalue weighted by molar-refractivity contribution is -0.120. The maximum absolute atomic E-state index is 12.5. The van der Waals surface area contributed by atoms with Gasteiger partial charge in [0.25, 0.3) is 0 Å². The van der Waals surface area contributed by atoms with Gasteiger partial charge in [-0.1, -0.05) is 0 Å². The zero-order chi connectivity index (χ0) is 14.9. The van der Waals surface area contributed by atoms with Crippen molar-refractivity contribution in [1.82, 2.24) is 4.98 Å². The number of fused-ring (bicyclic) bond motifs is 2. The van der Waals surface area contributed by atoms with Gasteiger partial charge in [-0.05, 0) is 31.4 Å². The number of ether oxygens (including phenoxy) is 2. The van der Waals surface area contributed by atoms with E-state index in [0.29, 0.717) is 19.0 Å². The lowest BCUT2D eigenvalue weighted by atomic mass is 9.90. The monoisotopic (exact) mass is 316 g/mol. The number of amides is 1. The van der Waals surface area contributed by atoms with E-state index in [1.165, 1.54) is 4.88 Å². The molecule has 0 saturated heterocycles. The second-order valence-electron chi connectivity index (χ2n) is 5.51. The minimum Gasteiger partial charge on any atom is -0.486 e. The van der Waals surface area contributed by atoms with Crippen LogP contribution in [0.2, 0.25) is 0 Å². The van der Waals surface area contributed by atoms with E-state index in [9.17, 15) is 4.79 Å². The fourth-order valence-electron chi connectivity index (χ4n) is 2.89. The van der Waals surface area contributed by atoms with Gasteiger partial charge in [-0.25, -0.2) is 4.98 Å². The molecule has 1 aromatic heterocycles. The summed E-state index contributed by atoms with van der Waals surface area (Å²) < 4.78 is 11.0. The highest BCUT2D eigenvalue weighted by Gasteiger charge is 2.26. The Morgan fingerprint density at radius 1 is 1.27 bits per heavy atom. The van der Waals surface area contributed by atoms with E-state index in [2.05, 4.69) is 10.3 Å². The zero-order valence-electron chi connectivity index (χ0n) is 12.0. The van der Waals surface area contributed by atoms with Crippen molar-refractivity contribution >= 4 is 22.9 Å². The van der Waals surface area contributed by atoms with Gasteiger partial charge in [0.05, 0.1) is 11.2 Å². The van der Waals surface area contributed by atoms with Crippen LogP contribution < -0.4 is 14.8 Å². The third kappa shape index (κ3) is 2.54. The first kappa shape index (κ1) is 13.6. The highest BCUT2D eigenvalue weighted by molar-refractivity contribution is 7.09. The fourth-order valence-corrected chi connectivity index (χ4v) is 3.78. The molecule has 1 aromatic carbocycles. The fraction of sp³-hybridized carbons (Fsp3) is 0.375. The maximum atomic E-state index is 12.5. The topological polar surface area (TPSA) is 60.5 Å². The van der Waals surface area contributed by atoms with Crippen molar-refractivity contribution in [1.29, 1.82) is 0 Å². The van der Waals surface area contributed by atoms with Gasteiger partial charge in [0, 0.05) is 22.5 Å². The summed E-state index contributed by atoms with van der Waals surface area (Å²) in [4.78, 5) is 18.1. The van der Waals surface area contributed by atoms with Crippen molar-refractivity contribution in [3.63, 3.8) is 0 Å². The van der Waals surface area contributed by atoms with Gasteiger partial charge >= 0.3 is 0 Å². The number of anilines is 1. The smallest absolute Gasteiger partial charge is 0.227 e. The molecule has 2 aromatic rings. The molecule has 1 amide bonds. The van der Waals surface area contributed by atoms with Gasteiger partial charge in [-0.15, -0.1) is 11.3 Å². The summed E-state index contributed by atoms with van der Waals surface area (Å²) >= 11 is 1.64. The first-order chi connectivity index (χ1) is 10.8. The number of nitrogens with zero attached hydrogens (tertiary/aromatic N) is 1. The van der Waals surface area contributed by atoms with Crippen LogP contribution in [-0.4, -0.2) is 24.1 Å². The number of rotatable bonds is 2. The van der Waals surface area contributed by atoms with Crippen molar-refractivity contribution in [2.45, 2.75) is 19.3 Å². The van der Waals surface area contributed by atoms with Crippen molar-refractivity contribution in [3.05, 3.63) is 34.3 Å². The van der Waals surface area contributed by atoms with E-state index in [0.717, 1.165) is 36.4 Å². The normalized spacial score (nSPS) is 19.4. The Kier molecular flexibility index (Phi) is 3.46. The number of aromatic nitrogens is 1. The van der Waals surface area contributed by atoms with Crippen molar-refractivity contribution in [2.75, 3.05) is 18.5 Å². The highest BCUT2D eigenvalue weighted by atomic mass is 32.1. The number of benzene rings is 1. The van der Waals surface area contributed by atoms with E-state index < -0.39 is 0 Å². The lowest BCUT2D eigenvalue weighted by Gasteiger charge is -2.22. The van der Waals surface area contributed by atoms with Crippen molar-refractivity contribution < 1.29 is 14.3 Å². The van der Waals surface area contributed by atoms with Crippen LogP contribution in [0.25, 0.3) is 0 Å². The molecule has 4 rings (SSSR count). The molecule has 1 N–H and O–H groups in total. The molecule has 5 nitrogen and oxygen atoms in total. The van der Waals surface area contributed by atoms with Crippen LogP contribution >= 0.6 is 11.3 Å². The lowest BCUT2D eigenvalue weighted by Crippen LogP contribution is -2.27. The molecule has 0 radical (unpaired) electrons. The Morgan fingerprint density at radius 2 is 2.14 bits per heavy atom. The molecule has 1 atom stereocenters. The molecule has 0 fully saturated rings. The molecule has 0 bridgehead atoms. The molecular weight excluding hydrogens is 300 g/mol. The Bertz CT molecular complexity index is 713. The van der Waals surface area contributed by atoms with Gasteiger partial charge in [0.15, 0.2) is 11.5 Å². The molecule has 114 valence electrons. The zero-order valence-corrected chi connectivity index (χ0v) is 12.8. The van der Waals surface area contributed by atoms with E-state index in [1.807, 2.05) is 23.7 Å². The van der Waals surface area contributed by atoms with Crippen LogP contribution in [0.4, 0.5) is 5.69 Å². The predicted octanol–water partition coefficient (Wildman–Crippen LogP) is 2.66. The van der Waals surface area contributed by atoms with Crippen LogP contribution in [0.15, 0.2) is 23.7 Å². The summed E-state index contributed by atoms with van der Waals surface area (Å²) in [6, 6.07) is 5.52. The van der Waals surface area contributed by atoms with Crippen LogP contribution in [0, 0.1) is 5.92 Å². The summed E-state index contributed by atoms with van der Waals surface area (Å²) in [6.07, 6.45) is 2.53. The summed E-state index contributed by atoms with van der Waals surface area (Å²) in [7, 11) is 0. The molecule has 1 unspecified atom stereocenters. The Balaban J connectivity index is 1.46. The Labute approximate surface area is 132 Å². The number of hydrogen-bond acceptors (Lipinski definition) is 5. The minimum absolute atomic E-state index is 0.0150. The van der Waals surface area contributed by atoms with Crippen LogP contribution in [0.5, 0.6) is 11.5 Å². The van der Waals surface area contributed by atoms with Gasteiger partial charge < -0.3 is 14.8 Å². The van der Waals surface area contributed by atoms with Crippen LogP contribution in [0.1, 0.15) is 17.0 Å². The Morgan fingerprint density at radius 3 is 3.05 bits per heavy atom. The number of thiazole rings is 1. The third-order valence-electron chi connectivity index (χ3n) is 4.07. The number of carbonyl (C=O) groups excluding carboxylic acids is 1. The largest absolute Gasteiger partial charge is 0.486 e. The van der Waals surface area contributed by atoms with E-state index in [4.69, 9.17) is 9.47 Å². The molecule has 6 heteroatoms. The van der Waals surface area contributed by atoms with Gasteiger partial charge in [0.2, 0.25) is 5.91 Å². The first-order valence-corrected chi connectivity index (χ1v) is 8.29. The number of aryl methyl sites for hydroxylation is 1. The summed E-state index contributed by atoms with van der Waals surface area (Å²) in [5.41, 5.74) is 3.78. The Hall–Kier alpha value is -2.08. The molecule has 2 aliphatic rings. The van der Waals surface area contributed by atoms with Crippen LogP contribution in [0.3, 0.4) is 0 Å². The van der Waals surface area contributed by atoms with Crippen LogP contribution in [-0.2, 0) is 17.6 Å². The second kappa shape index (κ2) is 5.61. The van der Waals surface area contributed by atoms with Crippen molar-refractivity contribution in [3.8, 4) is 11.5 Å². The number of hydrogen-bond donors (Lipinski definition) is 1. The quantitative estimate of drug-likeness (QED) is 0.925. The molecular formula is C16H16N2O3S. The third-order valence-corrected chi connectivity index (χ3v) is 4.96. The summed E-state index contributed by atoms with van der Waals surface area (Å²) in [6.45, 7) is 1.11. The number of nitrogens with one attached hydrogen (secondary N) is 1. The summed E-state index contributed by atoms with van der Waals surface area (Å²) in [5, 5.41) is 2.99. The van der Waals surface area contributed by atoms with Gasteiger partial charge in [0.1, 0.15) is 13.2 Å². The van der Waals surface area contributed by atoms with E-state index >= 15 is 0 Å². The molecule has 0 spiro atoms. The SMILES string of the molecule is O=C(Nc1ccc2c(c1)OCCO2)C1CCc2ncsc2C1. The number of carbonyl (C=O) groups is 1. The van der Waals surface area contributed by atoms with Gasteiger partial charge in [-0.3, -0.25) is 4.79 Å².